The van der Waals surface area contributed by atoms with Crippen molar-refractivity contribution in [1.82, 2.24) is 4.98 Å². The molecule has 0 spiro atoms. The summed E-state index contributed by atoms with van der Waals surface area (Å²) < 4.78 is 0. The Labute approximate surface area is 92.1 Å². The molecular formula is C12H21N3. The summed E-state index contributed by atoms with van der Waals surface area (Å²) in [4.78, 5) is 4.07. The highest BCUT2D eigenvalue weighted by Crippen LogP contribution is 2.15. The Morgan fingerprint density at radius 1 is 1.47 bits per heavy atom. The lowest BCUT2D eigenvalue weighted by atomic mass is 10.0. The minimum absolute atomic E-state index is 0.353. The van der Waals surface area contributed by atoms with Gasteiger partial charge in [0.15, 0.2) is 0 Å². The van der Waals surface area contributed by atoms with Crippen LogP contribution in [0, 0.1) is 12.8 Å². The van der Waals surface area contributed by atoms with Gasteiger partial charge in [-0.1, -0.05) is 13.8 Å². The average molecular weight is 207 g/mol. The topological polar surface area (TPSA) is 50.9 Å². The van der Waals surface area contributed by atoms with Gasteiger partial charge in [-0.3, -0.25) is 4.98 Å². The number of aromatic nitrogens is 1. The van der Waals surface area contributed by atoms with Crippen LogP contribution in [-0.4, -0.2) is 17.6 Å². The summed E-state index contributed by atoms with van der Waals surface area (Å²) >= 11 is 0. The predicted molar refractivity (Wildman–Crippen MR) is 64.9 cm³/mol. The van der Waals surface area contributed by atoms with Gasteiger partial charge in [-0.05, 0) is 30.9 Å². The maximum absolute atomic E-state index is 5.74. The first-order valence-corrected chi connectivity index (χ1v) is 5.50. The average Bonchev–Trinajstić information content (AvgIpc) is 2.19. The second kappa shape index (κ2) is 5.71. The van der Waals surface area contributed by atoms with E-state index in [1.807, 2.05) is 12.3 Å². The molecular weight excluding hydrogens is 186 g/mol. The van der Waals surface area contributed by atoms with Gasteiger partial charge in [0.25, 0.3) is 0 Å². The van der Waals surface area contributed by atoms with Crippen molar-refractivity contribution in [2.75, 3.05) is 11.9 Å². The highest BCUT2D eigenvalue weighted by molar-refractivity contribution is 5.49. The molecule has 84 valence electrons. The lowest BCUT2D eigenvalue weighted by molar-refractivity contribution is 0.521. The molecule has 0 aliphatic heterocycles. The summed E-state index contributed by atoms with van der Waals surface area (Å²) in [6.45, 7) is 7.14. The van der Waals surface area contributed by atoms with Crippen molar-refractivity contribution in [2.24, 2.45) is 11.7 Å². The SMILES string of the molecule is Cc1cnccc1NC(CN)CC(C)C. The van der Waals surface area contributed by atoms with E-state index in [0.717, 1.165) is 12.1 Å². The van der Waals surface area contributed by atoms with E-state index in [9.17, 15) is 0 Å². The molecule has 0 aliphatic rings. The second-order valence-corrected chi connectivity index (χ2v) is 4.40. The molecule has 3 nitrogen and oxygen atoms in total. The molecule has 1 unspecified atom stereocenters. The van der Waals surface area contributed by atoms with Gasteiger partial charge >= 0.3 is 0 Å². The third kappa shape index (κ3) is 3.88. The Morgan fingerprint density at radius 3 is 2.73 bits per heavy atom. The summed E-state index contributed by atoms with van der Waals surface area (Å²) in [7, 11) is 0. The van der Waals surface area contributed by atoms with E-state index < -0.39 is 0 Å². The third-order valence-corrected chi connectivity index (χ3v) is 2.42. The Balaban J connectivity index is 2.62. The van der Waals surface area contributed by atoms with E-state index in [-0.39, 0.29) is 0 Å². The van der Waals surface area contributed by atoms with Crippen LogP contribution in [0.3, 0.4) is 0 Å². The minimum Gasteiger partial charge on any atom is -0.381 e. The maximum Gasteiger partial charge on any atom is 0.0403 e. The fraction of sp³-hybridized carbons (Fsp3) is 0.583. The van der Waals surface area contributed by atoms with E-state index in [1.165, 1.54) is 5.56 Å². The van der Waals surface area contributed by atoms with Crippen molar-refractivity contribution in [1.29, 1.82) is 0 Å². The fourth-order valence-corrected chi connectivity index (χ4v) is 1.64. The molecule has 0 amide bonds. The second-order valence-electron chi connectivity index (χ2n) is 4.40. The van der Waals surface area contributed by atoms with Crippen molar-refractivity contribution >= 4 is 5.69 Å². The van der Waals surface area contributed by atoms with Gasteiger partial charge in [0.1, 0.15) is 0 Å². The van der Waals surface area contributed by atoms with Crippen LogP contribution in [0.1, 0.15) is 25.8 Å². The summed E-state index contributed by atoms with van der Waals surface area (Å²) in [5.41, 5.74) is 8.05. The van der Waals surface area contributed by atoms with Crippen molar-refractivity contribution in [3.8, 4) is 0 Å². The van der Waals surface area contributed by atoms with E-state index >= 15 is 0 Å². The summed E-state index contributed by atoms with van der Waals surface area (Å²) in [6, 6.07) is 2.35. The molecule has 3 N–H and O–H groups in total. The highest BCUT2D eigenvalue weighted by Gasteiger charge is 2.09. The number of nitrogens with two attached hydrogens (primary N) is 1. The minimum atomic E-state index is 0.353. The van der Waals surface area contributed by atoms with Crippen LogP contribution in [0.15, 0.2) is 18.5 Å². The van der Waals surface area contributed by atoms with Crippen LogP contribution < -0.4 is 11.1 Å². The number of hydrogen-bond acceptors (Lipinski definition) is 3. The van der Waals surface area contributed by atoms with Crippen LogP contribution in [0.2, 0.25) is 0 Å². The van der Waals surface area contributed by atoms with Gasteiger partial charge in [0, 0.05) is 30.7 Å². The van der Waals surface area contributed by atoms with Gasteiger partial charge in [0.2, 0.25) is 0 Å². The zero-order valence-corrected chi connectivity index (χ0v) is 9.83. The van der Waals surface area contributed by atoms with Crippen LogP contribution in [-0.2, 0) is 0 Å². The van der Waals surface area contributed by atoms with Gasteiger partial charge in [-0.15, -0.1) is 0 Å². The number of hydrogen-bond donors (Lipinski definition) is 2. The number of nitrogens with zero attached hydrogens (tertiary/aromatic N) is 1. The predicted octanol–water partition coefficient (Wildman–Crippen LogP) is 2.18. The Bertz CT molecular complexity index is 297. The standard InChI is InChI=1S/C12H21N3/c1-9(2)6-11(7-13)15-12-4-5-14-8-10(12)3/h4-5,8-9,11H,6-7,13H2,1-3H3,(H,14,15). The Hall–Kier alpha value is -1.09. The quantitative estimate of drug-likeness (QED) is 0.778. The van der Waals surface area contributed by atoms with Gasteiger partial charge in [-0.2, -0.15) is 0 Å². The highest BCUT2D eigenvalue weighted by atomic mass is 14.9. The first kappa shape index (κ1) is 12.0. The summed E-state index contributed by atoms with van der Waals surface area (Å²) in [5, 5.41) is 3.46. The maximum atomic E-state index is 5.74. The molecule has 0 saturated heterocycles. The first-order chi connectivity index (χ1) is 7.13. The lowest BCUT2D eigenvalue weighted by Crippen LogP contribution is -2.30. The summed E-state index contributed by atoms with van der Waals surface area (Å²) in [6.07, 6.45) is 4.77. The molecule has 1 atom stereocenters. The van der Waals surface area contributed by atoms with Crippen LogP contribution >= 0.6 is 0 Å². The van der Waals surface area contributed by atoms with E-state index in [1.54, 1.807) is 6.20 Å². The largest absolute Gasteiger partial charge is 0.381 e. The molecule has 1 aromatic rings. The van der Waals surface area contributed by atoms with Gasteiger partial charge in [-0.25, -0.2) is 0 Å². The Kier molecular flexibility index (Phi) is 4.56. The molecule has 0 fully saturated rings. The Morgan fingerprint density at radius 2 is 2.20 bits per heavy atom. The van der Waals surface area contributed by atoms with Gasteiger partial charge < -0.3 is 11.1 Å². The molecule has 3 heteroatoms. The number of nitrogens with one attached hydrogen (secondary N) is 1. The van der Waals surface area contributed by atoms with Crippen LogP contribution in [0.25, 0.3) is 0 Å². The van der Waals surface area contributed by atoms with Crippen LogP contribution in [0.4, 0.5) is 5.69 Å². The molecule has 0 aliphatic carbocycles. The first-order valence-electron chi connectivity index (χ1n) is 5.50. The number of anilines is 1. The fourth-order valence-electron chi connectivity index (χ4n) is 1.64. The van der Waals surface area contributed by atoms with Gasteiger partial charge in [0.05, 0.1) is 0 Å². The zero-order chi connectivity index (χ0) is 11.3. The lowest BCUT2D eigenvalue weighted by Gasteiger charge is -2.21. The molecule has 15 heavy (non-hydrogen) atoms. The van der Waals surface area contributed by atoms with Crippen molar-refractivity contribution in [3.05, 3.63) is 24.0 Å². The molecule has 0 radical (unpaired) electrons. The number of pyridine rings is 1. The molecule has 0 saturated carbocycles. The number of rotatable bonds is 5. The van der Waals surface area contributed by atoms with Crippen molar-refractivity contribution in [2.45, 2.75) is 33.2 Å². The molecule has 1 rings (SSSR count). The molecule has 0 aromatic carbocycles. The molecule has 1 aromatic heterocycles. The summed E-state index contributed by atoms with van der Waals surface area (Å²) in [5.74, 6) is 0.660. The third-order valence-electron chi connectivity index (χ3n) is 2.42. The number of aryl methyl sites for hydroxylation is 1. The smallest absolute Gasteiger partial charge is 0.0403 e. The monoisotopic (exact) mass is 207 g/mol. The van der Waals surface area contributed by atoms with E-state index in [2.05, 4.69) is 31.1 Å². The molecule has 0 bridgehead atoms. The van der Waals surface area contributed by atoms with Crippen LogP contribution in [0.5, 0.6) is 0 Å². The molecule has 1 heterocycles. The normalized spacial score (nSPS) is 12.9. The zero-order valence-electron chi connectivity index (χ0n) is 9.83. The van der Waals surface area contributed by atoms with Crippen molar-refractivity contribution < 1.29 is 0 Å². The van der Waals surface area contributed by atoms with Crippen molar-refractivity contribution in [3.63, 3.8) is 0 Å². The van der Waals surface area contributed by atoms with E-state index in [4.69, 9.17) is 5.73 Å². The van der Waals surface area contributed by atoms with E-state index in [0.29, 0.717) is 18.5 Å².